The molecule has 12 heteroatoms. The first-order valence-corrected chi connectivity index (χ1v) is 20.5. The number of hydrogen-bond donors (Lipinski definition) is 0. The van der Waals surface area contributed by atoms with Crippen molar-refractivity contribution in [2.24, 2.45) is 0 Å². The molecule has 0 rings (SSSR count). The van der Waals surface area contributed by atoms with Crippen molar-refractivity contribution in [3.8, 4) is 0 Å². The first-order valence-electron chi connectivity index (χ1n) is 20.5. The van der Waals surface area contributed by atoms with Crippen LogP contribution in [-0.2, 0) is 56.8 Å². The van der Waals surface area contributed by atoms with E-state index in [1.807, 2.05) is 0 Å². The van der Waals surface area contributed by atoms with Gasteiger partial charge in [0.2, 0.25) is 0 Å². The highest BCUT2D eigenvalue weighted by molar-refractivity contribution is 4.50. The number of rotatable bonds is 49. The summed E-state index contributed by atoms with van der Waals surface area (Å²) >= 11 is 0. The van der Waals surface area contributed by atoms with Crippen LogP contribution in [0, 0.1) is 0 Å². The Labute approximate surface area is 318 Å². The van der Waals surface area contributed by atoms with Gasteiger partial charge < -0.3 is 56.8 Å². The lowest BCUT2D eigenvalue weighted by Gasteiger charge is -2.09. The summed E-state index contributed by atoms with van der Waals surface area (Å²) < 4.78 is 65.4. The number of unbranched alkanes of at least 4 members (excludes halogenated alkanes) is 13. The van der Waals surface area contributed by atoms with Crippen molar-refractivity contribution < 1.29 is 56.8 Å². The molecule has 0 N–H and O–H groups in total. The molecule has 0 bridgehead atoms. The zero-order chi connectivity index (χ0) is 37.4. The second kappa shape index (κ2) is 50.1. The number of hydrogen-bond acceptors (Lipinski definition) is 12. The molecule has 52 heavy (non-hydrogen) atoms. The topological polar surface area (TPSA) is 111 Å². The van der Waals surface area contributed by atoms with Gasteiger partial charge >= 0.3 is 0 Å². The molecule has 0 aliphatic rings. The molecule has 0 unspecified atom stereocenters. The first-order chi connectivity index (χ1) is 25.9. The summed E-state index contributed by atoms with van der Waals surface area (Å²) in [6, 6.07) is 0. The van der Waals surface area contributed by atoms with E-state index < -0.39 is 0 Å². The SMILES string of the molecule is C=COCCOCCOCCOCCOCCOCCOCCOCCOCCOCCOCCOCCCCCCCCCCCCCCCC. The largest absolute Gasteiger partial charge is 0.499 e. The van der Waals surface area contributed by atoms with Crippen LogP contribution in [0.5, 0.6) is 0 Å². The summed E-state index contributed by atoms with van der Waals surface area (Å²) in [6.07, 6.45) is 20.7. The summed E-state index contributed by atoms with van der Waals surface area (Å²) in [6.45, 7) is 18.4. The quantitative estimate of drug-likeness (QED) is 0.0481. The highest BCUT2D eigenvalue weighted by Gasteiger charge is 1.98. The van der Waals surface area contributed by atoms with Crippen LogP contribution in [-0.4, -0.2) is 152 Å². The van der Waals surface area contributed by atoms with Crippen molar-refractivity contribution in [3.63, 3.8) is 0 Å². The lowest BCUT2D eigenvalue weighted by atomic mass is 10.0. The molecule has 0 aliphatic carbocycles. The monoisotopic (exact) mass is 753 g/mol. The third-order valence-electron chi connectivity index (χ3n) is 7.83. The minimum atomic E-state index is 0.504. The summed E-state index contributed by atoms with van der Waals surface area (Å²) in [5.41, 5.74) is 0. The fourth-order valence-electron chi connectivity index (χ4n) is 4.89. The third kappa shape index (κ3) is 49.1. The second-order valence-corrected chi connectivity index (χ2v) is 12.4. The molecule has 0 atom stereocenters. The van der Waals surface area contributed by atoms with E-state index in [9.17, 15) is 0 Å². The normalized spacial score (nSPS) is 11.5. The van der Waals surface area contributed by atoms with E-state index >= 15 is 0 Å². The Hall–Kier alpha value is -0.900. The summed E-state index contributed by atoms with van der Waals surface area (Å²) in [4.78, 5) is 0. The highest BCUT2D eigenvalue weighted by atomic mass is 16.6. The smallest absolute Gasteiger partial charge is 0.111 e. The fraction of sp³-hybridized carbons (Fsp3) is 0.950. The van der Waals surface area contributed by atoms with Gasteiger partial charge in [0.25, 0.3) is 0 Å². The van der Waals surface area contributed by atoms with E-state index in [0.29, 0.717) is 145 Å². The minimum Gasteiger partial charge on any atom is -0.499 e. The van der Waals surface area contributed by atoms with E-state index in [1.54, 1.807) is 0 Å². The Kier molecular flexibility index (Phi) is 49.2. The minimum absolute atomic E-state index is 0.504. The van der Waals surface area contributed by atoms with Crippen molar-refractivity contribution in [1.29, 1.82) is 0 Å². The molecule has 0 aliphatic heterocycles. The molecule has 0 heterocycles. The Bertz CT molecular complexity index is 631. The summed E-state index contributed by atoms with van der Waals surface area (Å²) in [5, 5.41) is 0. The Morgan fingerprint density at radius 1 is 0.250 bits per heavy atom. The van der Waals surface area contributed by atoms with Crippen LogP contribution in [0.3, 0.4) is 0 Å². The van der Waals surface area contributed by atoms with E-state index in [4.69, 9.17) is 56.8 Å². The molecule has 0 fully saturated rings. The van der Waals surface area contributed by atoms with Crippen molar-refractivity contribution in [1.82, 2.24) is 0 Å². The molecule has 312 valence electrons. The zero-order valence-electron chi connectivity index (χ0n) is 33.3. The van der Waals surface area contributed by atoms with Crippen LogP contribution in [0.1, 0.15) is 96.8 Å². The lowest BCUT2D eigenvalue weighted by Crippen LogP contribution is -2.15. The lowest BCUT2D eigenvalue weighted by molar-refractivity contribution is -0.0279. The van der Waals surface area contributed by atoms with Gasteiger partial charge in [-0.05, 0) is 6.42 Å². The van der Waals surface area contributed by atoms with Crippen LogP contribution in [0.15, 0.2) is 12.8 Å². The van der Waals surface area contributed by atoms with Gasteiger partial charge in [-0.25, -0.2) is 0 Å². The van der Waals surface area contributed by atoms with E-state index in [2.05, 4.69) is 13.5 Å². The fourth-order valence-corrected chi connectivity index (χ4v) is 4.89. The first kappa shape index (κ1) is 51.1. The summed E-state index contributed by atoms with van der Waals surface area (Å²) in [7, 11) is 0. The summed E-state index contributed by atoms with van der Waals surface area (Å²) in [5.74, 6) is 0. The van der Waals surface area contributed by atoms with Crippen LogP contribution < -0.4 is 0 Å². The maximum atomic E-state index is 5.68. The molecule has 0 aromatic heterocycles. The van der Waals surface area contributed by atoms with Gasteiger partial charge in [-0.15, -0.1) is 0 Å². The third-order valence-corrected chi connectivity index (χ3v) is 7.83. The van der Waals surface area contributed by atoms with E-state index in [-0.39, 0.29) is 0 Å². The molecular formula is C40H80O12. The maximum absolute atomic E-state index is 5.68. The predicted molar refractivity (Wildman–Crippen MR) is 205 cm³/mol. The van der Waals surface area contributed by atoms with Crippen molar-refractivity contribution >= 4 is 0 Å². The predicted octanol–water partition coefficient (Wildman–Crippen LogP) is 6.81. The van der Waals surface area contributed by atoms with Crippen molar-refractivity contribution in [2.75, 3.05) is 152 Å². The second-order valence-electron chi connectivity index (χ2n) is 12.4. The van der Waals surface area contributed by atoms with Gasteiger partial charge in [-0.2, -0.15) is 0 Å². The maximum Gasteiger partial charge on any atom is 0.111 e. The Morgan fingerprint density at radius 3 is 0.673 bits per heavy atom. The molecule has 0 saturated carbocycles. The molecule has 0 aromatic carbocycles. The molecule has 0 spiro atoms. The molecule has 0 saturated heterocycles. The Balaban J connectivity index is 3.05. The molecule has 12 nitrogen and oxygen atoms in total. The van der Waals surface area contributed by atoms with Gasteiger partial charge in [-0.3, -0.25) is 0 Å². The van der Waals surface area contributed by atoms with Crippen LogP contribution in [0.25, 0.3) is 0 Å². The van der Waals surface area contributed by atoms with Crippen molar-refractivity contribution in [3.05, 3.63) is 12.8 Å². The van der Waals surface area contributed by atoms with Crippen LogP contribution >= 0.6 is 0 Å². The van der Waals surface area contributed by atoms with Gasteiger partial charge in [0, 0.05) is 6.61 Å². The molecule has 0 amide bonds. The molecular weight excluding hydrogens is 672 g/mol. The standard InChI is InChI=1S/C40H80O12/c1-3-5-6-7-8-9-10-11-12-13-14-15-16-17-18-42-21-22-44-25-26-46-29-30-48-33-34-50-37-38-52-40-39-51-36-35-49-32-31-47-28-27-45-24-23-43-20-19-41-4-2/h4H,2-3,5-40H2,1H3. The number of ether oxygens (including phenoxy) is 12. The average molecular weight is 753 g/mol. The van der Waals surface area contributed by atoms with Crippen LogP contribution in [0.2, 0.25) is 0 Å². The van der Waals surface area contributed by atoms with Crippen LogP contribution in [0.4, 0.5) is 0 Å². The molecule has 0 aromatic rings. The molecule has 0 radical (unpaired) electrons. The van der Waals surface area contributed by atoms with E-state index in [0.717, 1.165) is 13.0 Å². The van der Waals surface area contributed by atoms with Gasteiger partial charge in [0.15, 0.2) is 0 Å². The van der Waals surface area contributed by atoms with E-state index in [1.165, 1.54) is 89.7 Å². The van der Waals surface area contributed by atoms with Gasteiger partial charge in [-0.1, -0.05) is 97.0 Å². The van der Waals surface area contributed by atoms with Crippen molar-refractivity contribution in [2.45, 2.75) is 96.8 Å². The average Bonchev–Trinajstić information content (AvgIpc) is 3.16. The Morgan fingerprint density at radius 2 is 0.442 bits per heavy atom. The zero-order valence-corrected chi connectivity index (χ0v) is 33.3. The highest BCUT2D eigenvalue weighted by Crippen LogP contribution is 2.13. The van der Waals surface area contributed by atoms with Gasteiger partial charge in [0.05, 0.1) is 145 Å². The van der Waals surface area contributed by atoms with Gasteiger partial charge in [0.1, 0.15) is 6.61 Å².